The number of benzene rings is 1. The molecule has 2 unspecified atom stereocenters. The molecule has 3 rings (SSSR count). The number of carbonyl (C=O) groups is 1. The molecule has 1 saturated heterocycles. The third-order valence-electron chi connectivity index (χ3n) is 4.43. The molecule has 1 fully saturated rings. The smallest absolute Gasteiger partial charge is 0.315 e. The first-order chi connectivity index (χ1) is 12.3. The summed E-state index contributed by atoms with van der Waals surface area (Å²) in [6.45, 7) is 2.16. The average molecular weight is 396 g/mol. The molecule has 2 N–H and O–H groups in total. The van der Waals surface area contributed by atoms with E-state index in [9.17, 15) is 13.2 Å². The summed E-state index contributed by atoms with van der Waals surface area (Å²) in [6.07, 6.45) is 1.64. The van der Waals surface area contributed by atoms with Crippen LogP contribution in [0.25, 0.3) is 0 Å². The van der Waals surface area contributed by atoms with Gasteiger partial charge in [0.05, 0.1) is 17.5 Å². The second kappa shape index (κ2) is 7.28. The van der Waals surface area contributed by atoms with Gasteiger partial charge in [-0.15, -0.1) is 10.2 Å². The Balaban J connectivity index is 1.87. The highest BCUT2D eigenvalue weighted by Crippen LogP contribution is 2.35. The topological polar surface area (TPSA) is 111 Å². The van der Waals surface area contributed by atoms with E-state index in [0.717, 1.165) is 16.3 Å². The van der Waals surface area contributed by atoms with Crippen LogP contribution in [0.3, 0.4) is 0 Å². The highest BCUT2D eigenvalue weighted by atomic mass is 32.2. The summed E-state index contributed by atoms with van der Waals surface area (Å²) < 4.78 is 26.0. The summed E-state index contributed by atoms with van der Waals surface area (Å²) >= 11 is 1.56. The molecule has 2 aromatic rings. The van der Waals surface area contributed by atoms with Crippen LogP contribution in [0.5, 0.6) is 0 Å². The number of sulfone groups is 1. The Labute approximate surface area is 156 Å². The first-order valence-corrected chi connectivity index (χ1v) is 10.8. The van der Waals surface area contributed by atoms with Crippen LogP contribution in [-0.4, -0.2) is 52.2 Å². The van der Waals surface area contributed by atoms with E-state index in [0.29, 0.717) is 0 Å². The van der Waals surface area contributed by atoms with Crippen molar-refractivity contribution in [1.82, 2.24) is 19.7 Å². The number of hydrogen-bond acceptors (Lipinski definition) is 6. The minimum Gasteiger partial charge on any atom is -0.351 e. The third-order valence-corrected chi connectivity index (χ3v) is 7.27. The van der Waals surface area contributed by atoms with Gasteiger partial charge in [0.1, 0.15) is 6.33 Å². The van der Waals surface area contributed by atoms with Gasteiger partial charge >= 0.3 is 6.03 Å². The molecule has 0 bridgehead atoms. The Hall–Kier alpha value is -2.07. The number of aromatic nitrogens is 3. The van der Waals surface area contributed by atoms with Crippen molar-refractivity contribution in [3.8, 4) is 0 Å². The minimum atomic E-state index is -3.20. The van der Waals surface area contributed by atoms with Crippen molar-refractivity contribution in [2.24, 2.45) is 12.8 Å². The zero-order chi connectivity index (χ0) is 18.9. The van der Waals surface area contributed by atoms with Gasteiger partial charge in [-0.3, -0.25) is 0 Å². The number of nitrogens with two attached hydrogens (primary N) is 1. The molecule has 2 atom stereocenters. The van der Waals surface area contributed by atoms with Gasteiger partial charge < -0.3 is 15.2 Å². The van der Waals surface area contributed by atoms with Crippen LogP contribution in [0.1, 0.15) is 29.3 Å². The maximum atomic E-state index is 12.1. The van der Waals surface area contributed by atoms with Crippen molar-refractivity contribution in [1.29, 1.82) is 0 Å². The van der Waals surface area contributed by atoms with E-state index in [4.69, 9.17) is 5.73 Å². The fraction of sp³-hybridized carbons (Fsp3) is 0.438. The first-order valence-electron chi connectivity index (χ1n) is 8.14. The van der Waals surface area contributed by atoms with Crippen molar-refractivity contribution in [2.45, 2.75) is 23.4 Å². The molecule has 10 heteroatoms. The molecule has 2 heterocycles. The van der Waals surface area contributed by atoms with Gasteiger partial charge in [0, 0.05) is 18.8 Å². The standard InChI is InChI=1S/C16H21N5O3S2/c1-11(25-16-19-18-10-20(16)2)12-4-3-5-13(8-12)14-9-26(23,24)7-6-21(14)15(17)22/h3-5,8,10-11,14H,6-7,9H2,1-2H3,(H2,17,22). The van der Waals surface area contributed by atoms with Gasteiger partial charge in [-0.25, -0.2) is 13.2 Å². The van der Waals surface area contributed by atoms with E-state index in [1.54, 1.807) is 18.1 Å². The van der Waals surface area contributed by atoms with E-state index >= 15 is 0 Å². The predicted octanol–water partition coefficient (Wildman–Crippen LogP) is 1.52. The summed E-state index contributed by atoms with van der Waals surface area (Å²) in [7, 11) is -1.32. The molecule has 0 spiro atoms. The fourth-order valence-corrected chi connectivity index (χ4v) is 5.37. The van der Waals surface area contributed by atoms with Gasteiger partial charge in [0.25, 0.3) is 0 Å². The first kappa shape index (κ1) is 18.7. The molecule has 1 aromatic carbocycles. The van der Waals surface area contributed by atoms with Crippen molar-refractivity contribution in [2.75, 3.05) is 18.1 Å². The van der Waals surface area contributed by atoms with E-state index in [1.165, 1.54) is 4.90 Å². The molecule has 1 aliphatic heterocycles. The molecule has 0 aliphatic carbocycles. The molecule has 140 valence electrons. The van der Waals surface area contributed by atoms with Crippen LogP contribution >= 0.6 is 11.8 Å². The highest BCUT2D eigenvalue weighted by molar-refractivity contribution is 7.99. The van der Waals surface area contributed by atoms with E-state index < -0.39 is 21.9 Å². The maximum Gasteiger partial charge on any atom is 0.315 e. The molecular formula is C16H21N5O3S2. The second-order valence-corrected chi connectivity index (χ2v) is 9.85. The number of thioether (sulfide) groups is 1. The van der Waals surface area contributed by atoms with E-state index in [1.807, 2.05) is 42.8 Å². The Morgan fingerprint density at radius 2 is 2.19 bits per heavy atom. The highest BCUT2D eigenvalue weighted by Gasteiger charge is 2.34. The van der Waals surface area contributed by atoms with Crippen LogP contribution in [0.15, 0.2) is 35.7 Å². The number of carbonyl (C=O) groups excluding carboxylic acids is 1. The molecule has 1 aromatic heterocycles. The molecule has 0 saturated carbocycles. The van der Waals surface area contributed by atoms with Crippen molar-refractivity contribution in [3.63, 3.8) is 0 Å². The second-order valence-electron chi connectivity index (χ2n) is 6.32. The largest absolute Gasteiger partial charge is 0.351 e. The lowest BCUT2D eigenvalue weighted by Gasteiger charge is -2.34. The normalized spacial score (nSPS) is 20.7. The maximum absolute atomic E-state index is 12.1. The number of hydrogen-bond donors (Lipinski definition) is 1. The zero-order valence-electron chi connectivity index (χ0n) is 14.6. The lowest BCUT2D eigenvalue weighted by molar-refractivity contribution is 0.190. The van der Waals surface area contributed by atoms with Crippen LogP contribution in [0.2, 0.25) is 0 Å². The Kier molecular flexibility index (Phi) is 5.24. The monoisotopic (exact) mass is 395 g/mol. The molecule has 2 amide bonds. The third kappa shape index (κ3) is 4.01. The molecular weight excluding hydrogens is 374 g/mol. The lowest BCUT2D eigenvalue weighted by atomic mass is 10.0. The van der Waals surface area contributed by atoms with Gasteiger partial charge in [0.15, 0.2) is 15.0 Å². The van der Waals surface area contributed by atoms with Crippen LogP contribution in [0, 0.1) is 0 Å². The van der Waals surface area contributed by atoms with Crippen LogP contribution in [-0.2, 0) is 16.9 Å². The lowest BCUT2D eigenvalue weighted by Crippen LogP contribution is -2.48. The molecule has 0 radical (unpaired) electrons. The SMILES string of the molecule is CC(Sc1nncn1C)c1cccc(C2CS(=O)(=O)CCN2C(N)=O)c1. The summed E-state index contributed by atoms with van der Waals surface area (Å²) in [5.41, 5.74) is 7.25. The predicted molar refractivity (Wildman–Crippen MR) is 99.4 cm³/mol. The number of rotatable bonds is 4. The molecule has 1 aliphatic rings. The average Bonchev–Trinajstić information content (AvgIpc) is 2.98. The zero-order valence-corrected chi connectivity index (χ0v) is 16.2. The number of aryl methyl sites for hydroxylation is 1. The summed E-state index contributed by atoms with van der Waals surface area (Å²) in [4.78, 5) is 13.2. The summed E-state index contributed by atoms with van der Waals surface area (Å²) in [5, 5.41) is 8.82. The van der Waals surface area contributed by atoms with Crippen molar-refractivity contribution in [3.05, 3.63) is 41.7 Å². The Morgan fingerprint density at radius 1 is 1.42 bits per heavy atom. The van der Waals surface area contributed by atoms with Gasteiger partial charge in [-0.1, -0.05) is 36.0 Å². The van der Waals surface area contributed by atoms with Crippen LogP contribution in [0.4, 0.5) is 4.79 Å². The number of primary amides is 1. The Bertz CT molecular complexity index is 912. The van der Waals surface area contributed by atoms with Gasteiger partial charge in [0.2, 0.25) is 0 Å². The van der Waals surface area contributed by atoms with E-state index in [-0.39, 0.29) is 23.3 Å². The van der Waals surface area contributed by atoms with Gasteiger partial charge in [-0.05, 0) is 18.1 Å². The van der Waals surface area contributed by atoms with Gasteiger partial charge in [-0.2, -0.15) is 0 Å². The quantitative estimate of drug-likeness (QED) is 0.786. The fourth-order valence-electron chi connectivity index (χ4n) is 2.97. The number of nitrogens with zero attached hydrogens (tertiary/aromatic N) is 4. The number of amides is 2. The van der Waals surface area contributed by atoms with Crippen molar-refractivity contribution >= 4 is 27.6 Å². The minimum absolute atomic E-state index is 0.0510. The summed E-state index contributed by atoms with van der Waals surface area (Å²) in [5.74, 6) is -0.158. The molecule has 8 nitrogen and oxygen atoms in total. The summed E-state index contributed by atoms with van der Waals surface area (Å²) in [6, 6.07) is 6.47. The van der Waals surface area contributed by atoms with Crippen LogP contribution < -0.4 is 5.73 Å². The van der Waals surface area contributed by atoms with Crippen molar-refractivity contribution < 1.29 is 13.2 Å². The van der Waals surface area contributed by atoms with E-state index in [2.05, 4.69) is 10.2 Å². The molecule has 26 heavy (non-hydrogen) atoms. The Morgan fingerprint density at radius 3 is 2.85 bits per heavy atom. The number of urea groups is 1.